The Morgan fingerprint density at radius 3 is 2.61 bits per heavy atom. The summed E-state index contributed by atoms with van der Waals surface area (Å²) in [6, 6.07) is -0.539. The fourth-order valence-corrected chi connectivity index (χ4v) is 2.94. The fraction of sp³-hybridized carbons (Fsp3) is 0.800. The fourth-order valence-electron chi connectivity index (χ4n) is 2.94. The highest BCUT2D eigenvalue weighted by Crippen LogP contribution is 2.42. The number of nitroso groups, excluding NO2 is 1. The Morgan fingerprint density at radius 1 is 1.26 bits per heavy atom. The van der Waals surface area contributed by atoms with E-state index in [0.29, 0.717) is 12.4 Å². The van der Waals surface area contributed by atoms with Crippen molar-refractivity contribution in [2.75, 3.05) is 6.61 Å². The Hall–Kier alpha value is -1.35. The molecule has 128 valence electrons. The summed E-state index contributed by atoms with van der Waals surface area (Å²) in [5, 5.41) is 2.98. The minimum Gasteiger partial charge on any atom is -0.348 e. The van der Waals surface area contributed by atoms with Crippen LogP contribution >= 0.6 is 0 Å². The molecule has 1 aromatic rings. The summed E-state index contributed by atoms with van der Waals surface area (Å²) < 4.78 is 23.6. The first-order valence-electron chi connectivity index (χ1n) is 7.75. The Morgan fingerprint density at radius 2 is 2.00 bits per heavy atom. The van der Waals surface area contributed by atoms with Gasteiger partial charge in [0.2, 0.25) is 0 Å². The maximum Gasteiger partial charge on any atom is 0.164 e. The van der Waals surface area contributed by atoms with Crippen molar-refractivity contribution in [1.82, 2.24) is 9.97 Å². The molecule has 4 unspecified atom stereocenters. The zero-order valence-electron chi connectivity index (χ0n) is 14.0. The molecule has 23 heavy (non-hydrogen) atoms. The standard InChI is InChI=1S/C15H23N3O5/c1-8(18-19)13-16-6-9(17-13)11-12(23-15(4,5)22-11)10-7-20-14(2,3)21-10/h6,8,10-12H,7H2,1-5H3,(H,16,17). The molecule has 8 nitrogen and oxygen atoms in total. The van der Waals surface area contributed by atoms with Gasteiger partial charge in [-0.2, -0.15) is 4.91 Å². The van der Waals surface area contributed by atoms with Gasteiger partial charge < -0.3 is 23.9 Å². The van der Waals surface area contributed by atoms with Crippen LogP contribution < -0.4 is 0 Å². The molecule has 0 saturated carbocycles. The van der Waals surface area contributed by atoms with Crippen LogP contribution in [0.1, 0.15) is 58.3 Å². The van der Waals surface area contributed by atoms with E-state index in [2.05, 4.69) is 15.1 Å². The Kier molecular flexibility index (Phi) is 4.04. The Balaban J connectivity index is 1.83. The topological polar surface area (TPSA) is 95.0 Å². The van der Waals surface area contributed by atoms with Crippen LogP contribution in [0.15, 0.2) is 11.4 Å². The van der Waals surface area contributed by atoms with E-state index in [1.54, 1.807) is 13.1 Å². The highest BCUT2D eigenvalue weighted by molar-refractivity contribution is 5.12. The molecule has 0 amide bonds. The first kappa shape index (κ1) is 16.5. The van der Waals surface area contributed by atoms with Crippen molar-refractivity contribution < 1.29 is 18.9 Å². The molecule has 3 heterocycles. The minimum atomic E-state index is -0.745. The van der Waals surface area contributed by atoms with Crippen molar-refractivity contribution in [3.8, 4) is 0 Å². The lowest BCUT2D eigenvalue weighted by atomic mass is 10.1. The molecule has 0 aromatic carbocycles. The lowest BCUT2D eigenvalue weighted by molar-refractivity contribution is -0.174. The van der Waals surface area contributed by atoms with Crippen LogP contribution in [0.3, 0.4) is 0 Å². The third-order valence-electron chi connectivity index (χ3n) is 4.00. The van der Waals surface area contributed by atoms with Crippen LogP contribution in [-0.2, 0) is 18.9 Å². The first-order chi connectivity index (χ1) is 10.7. The third-order valence-corrected chi connectivity index (χ3v) is 4.00. The predicted octanol–water partition coefficient (Wildman–Crippen LogP) is 2.58. The van der Waals surface area contributed by atoms with E-state index >= 15 is 0 Å². The van der Waals surface area contributed by atoms with E-state index < -0.39 is 17.6 Å². The summed E-state index contributed by atoms with van der Waals surface area (Å²) in [4.78, 5) is 18.0. The number of H-pyrrole nitrogens is 1. The molecular weight excluding hydrogens is 302 g/mol. The summed E-state index contributed by atoms with van der Waals surface area (Å²) in [7, 11) is 0. The van der Waals surface area contributed by atoms with Gasteiger partial charge >= 0.3 is 0 Å². The third kappa shape index (κ3) is 3.30. The Bertz CT molecular complexity index is 585. The van der Waals surface area contributed by atoms with Gasteiger partial charge in [-0.3, -0.25) is 0 Å². The summed E-state index contributed by atoms with van der Waals surface area (Å²) in [5.41, 5.74) is 0.736. The quantitative estimate of drug-likeness (QED) is 0.855. The average molecular weight is 325 g/mol. The van der Waals surface area contributed by atoms with E-state index in [0.717, 1.165) is 5.69 Å². The van der Waals surface area contributed by atoms with Gasteiger partial charge in [-0.15, -0.1) is 0 Å². The number of hydrogen-bond donors (Lipinski definition) is 1. The molecule has 2 fully saturated rings. The van der Waals surface area contributed by atoms with Gasteiger partial charge in [0.25, 0.3) is 0 Å². The molecule has 0 bridgehead atoms. The summed E-state index contributed by atoms with van der Waals surface area (Å²) in [5.74, 6) is -0.878. The predicted molar refractivity (Wildman–Crippen MR) is 80.5 cm³/mol. The smallest absolute Gasteiger partial charge is 0.164 e. The monoisotopic (exact) mass is 325 g/mol. The number of nitrogens with one attached hydrogen (secondary N) is 1. The van der Waals surface area contributed by atoms with Gasteiger partial charge in [0, 0.05) is 0 Å². The largest absolute Gasteiger partial charge is 0.348 e. The highest BCUT2D eigenvalue weighted by atomic mass is 16.8. The number of imidazole rings is 1. The number of ether oxygens (including phenoxy) is 4. The molecule has 1 aromatic heterocycles. The summed E-state index contributed by atoms with van der Waals surface area (Å²) >= 11 is 0. The summed E-state index contributed by atoms with van der Waals surface area (Å²) in [6.07, 6.45) is 0.692. The van der Waals surface area contributed by atoms with Crippen LogP contribution in [0, 0.1) is 4.91 Å². The maximum absolute atomic E-state index is 10.7. The molecule has 0 aliphatic carbocycles. The minimum absolute atomic E-state index is 0.245. The van der Waals surface area contributed by atoms with E-state index in [1.165, 1.54) is 0 Å². The number of aromatic amines is 1. The molecule has 2 aliphatic rings. The molecule has 0 radical (unpaired) electrons. The van der Waals surface area contributed by atoms with Crippen LogP contribution in [0.2, 0.25) is 0 Å². The molecule has 4 atom stereocenters. The summed E-state index contributed by atoms with van der Waals surface area (Å²) in [6.45, 7) is 9.56. The van der Waals surface area contributed by atoms with E-state index in [4.69, 9.17) is 18.9 Å². The van der Waals surface area contributed by atoms with E-state index in [9.17, 15) is 4.91 Å². The molecule has 0 spiro atoms. The molecule has 8 heteroatoms. The lowest BCUT2D eigenvalue weighted by Gasteiger charge is -2.23. The van der Waals surface area contributed by atoms with E-state index in [-0.39, 0.29) is 18.3 Å². The zero-order valence-corrected chi connectivity index (χ0v) is 14.0. The van der Waals surface area contributed by atoms with Crippen molar-refractivity contribution >= 4 is 0 Å². The van der Waals surface area contributed by atoms with Gasteiger partial charge in [0.15, 0.2) is 11.6 Å². The highest BCUT2D eigenvalue weighted by Gasteiger charge is 2.50. The first-order valence-corrected chi connectivity index (χ1v) is 7.75. The van der Waals surface area contributed by atoms with Crippen LogP contribution in [0.4, 0.5) is 0 Å². The zero-order chi connectivity index (χ0) is 16.8. The number of aromatic nitrogens is 2. The maximum atomic E-state index is 10.7. The second-order valence-electron chi connectivity index (χ2n) is 6.89. The van der Waals surface area contributed by atoms with Crippen LogP contribution in [0.25, 0.3) is 0 Å². The average Bonchev–Trinajstić information content (AvgIpc) is 3.14. The van der Waals surface area contributed by atoms with Crippen LogP contribution in [0.5, 0.6) is 0 Å². The molecule has 1 N–H and O–H groups in total. The molecular formula is C15H23N3O5. The SMILES string of the molecule is CC(N=O)c1ncc(C2OC(C)(C)OC2C2COC(C)(C)O2)[nH]1. The van der Waals surface area contributed by atoms with E-state index in [1.807, 2.05) is 27.7 Å². The van der Waals surface area contributed by atoms with Gasteiger partial charge in [0.05, 0.1) is 18.5 Å². The normalized spacial score (nSPS) is 33.7. The van der Waals surface area contributed by atoms with Gasteiger partial charge in [0.1, 0.15) is 30.2 Å². The van der Waals surface area contributed by atoms with Gasteiger partial charge in [-0.05, 0) is 34.6 Å². The number of rotatable bonds is 4. The van der Waals surface area contributed by atoms with Crippen molar-refractivity contribution in [3.05, 3.63) is 22.6 Å². The molecule has 2 saturated heterocycles. The number of hydrogen-bond acceptors (Lipinski definition) is 7. The van der Waals surface area contributed by atoms with Crippen molar-refractivity contribution in [2.45, 2.75) is 70.5 Å². The lowest BCUT2D eigenvalue weighted by Crippen LogP contribution is -2.35. The van der Waals surface area contributed by atoms with Gasteiger partial charge in [-0.1, -0.05) is 5.18 Å². The van der Waals surface area contributed by atoms with Crippen LogP contribution in [-0.4, -0.2) is 40.4 Å². The molecule has 3 rings (SSSR count). The second kappa shape index (κ2) is 5.62. The van der Waals surface area contributed by atoms with Crippen molar-refractivity contribution in [1.29, 1.82) is 0 Å². The molecule has 2 aliphatic heterocycles. The van der Waals surface area contributed by atoms with Crippen molar-refractivity contribution in [3.63, 3.8) is 0 Å². The number of nitrogens with zero attached hydrogens (tertiary/aromatic N) is 2. The van der Waals surface area contributed by atoms with Crippen molar-refractivity contribution in [2.24, 2.45) is 5.18 Å². The Labute approximate surface area is 134 Å². The second-order valence-corrected chi connectivity index (χ2v) is 6.89. The van der Waals surface area contributed by atoms with Gasteiger partial charge in [-0.25, -0.2) is 4.98 Å².